The maximum Gasteiger partial charge on any atom is 0.0960 e. The van der Waals surface area contributed by atoms with Crippen molar-refractivity contribution in [3.05, 3.63) is 0 Å². The summed E-state index contributed by atoms with van der Waals surface area (Å²) in [6.07, 6.45) is 3.55. The standard InChI is InChI=1S/C13H23NO2/c1-12(2)9-4-5-13(12,3)11(6-9)14-10(7-15)8-16/h9-10,15-16H,4-8H2,1-3H3. The first-order valence-corrected chi connectivity index (χ1v) is 6.24. The molecular weight excluding hydrogens is 202 g/mol. The lowest BCUT2D eigenvalue weighted by Gasteiger charge is -2.35. The van der Waals surface area contributed by atoms with Gasteiger partial charge in [-0.15, -0.1) is 0 Å². The fourth-order valence-electron chi connectivity index (χ4n) is 3.48. The molecule has 2 N–H and O–H groups in total. The van der Waals surface area contributed by atoms with E-state index < -0.39 is 0 Å². The van der Waals surface area contributed by atoms with Crippen molar-refractivity contribution in [2.24, 2.45) is 21.7 Å². The largest absolute Gasteiger partial charge is 0.394 e. The fraction of sp³-hybridized carbons (Fsp3) is 0.923. The average molecular weight is 225 g/mol. The van der Waals surface area contributed by atoms with Gasteiger partial charge in [-0.3, -0.25) is 4.99 Å². The van der Waals surface area contributed by atoms with Crippen LogP contribution in [-0.2, 0) is 0 Å². The highest BCUT2D eigenvalue weighted by Crippen LogP contribution is 2.64. The summed E-state index contributed by atoms with van der Waals surface area (Å²) in [6, 6.07) is -0.318. The number of aliphatic imine (C=N–C) groups is 1. The molecule has 0 aliphatic heterocycles. The molecule has 2 aliphatic rings. The number of aliphatic hydroxyl groups is 2. The molecule has 2 rings (SSSR count). The van der Waals surface area contributed by atoms with Gasteiger partial charge in [-0.2, -0.15) is 0 Å². The highest BCUT2D eigenvalue weighted by molar-refractivity contribution is 5.94. The van der Waals surface area contributed by atoms with E-state index in [-0.39, 0.29) is 24.7 Å². The van der Waals surface area contributed by atoms with Crippen molar-refractivity contribution in [2.75, 3.05) is 13.2 Å². The van der Waals surface area contributed by atoms with E-state index in [0.29, 0.717) is 5.41 Å². The first-order valence-electron chi connectivity index (χ1n) is 6.24. The van der Waals surface area contributed by atoms with Gasteiger partial charge in [-0.25, -0.2) is 0 Å². The summed E-state index contributed by atoms with van der Waals surface area (Å²) in [7, 11) is 0. The third kappa shape index (κ3) is 1.45. The number of fused-ring (bicyclic) bond motifs is 2. The second kappa shape index (κ2) is 3.81. The summed E-state index contributed by atoms with van der Waals surface area (Å²) in [5.41, 5.74) is 1.73. The van der Waals surface area contributed by atoms with Crippen LogP contribution in [0, 0.1) is 16.7 Å². The Morgan fingerprint density at radius 2 is 1.94 bits per heavy atom. The van der Waals surface area contributed by atoms with E-state index in [4.69, 9.17) is 10.2 Å². The Bertz CT molecular complexity index is 307. The summed E-state index contributed by atoms with van der Waals surface area (Å²) in [5, 5.41) is 18.2. The zero-order chi connectivity index (χ0) is 12.0. The van der Waals surface area contributed by atoms with Crippen molar-refractivity contribution in [3.63, 3.8) is 0 Å². The van der Waals surface area contributed by atoms with E-state index in [9.17, 15) is 0 Å². The Morgan fingerprint density at radius 1 is 1.31 bits per heavy atom. The summed E-state index contributed by atoms with van der Waals surface area (Å²) in [5.74, 6) is 0.731. The first-order chi connectivity index (χ1) is 7.45. The Morgan fingerprint density at radius 3 is 2.31 bits per heavy atom. The molecule has 0 aromatic rings. The molecule has 3 heteroatoms. The molecule has 0 spiro atoms. The molecule has 0 aromatic carbocycles. The SMILES string of the molecule is CC12CCC(CC1=NC(CO)CO)C2(C)C. The predicted molar refractivity (Wildman–Crippen MR) is 64.6 cm³/mol. The monoisotopic (exact) mass is 225 g/mol. The lowest BCUT2D eigenvalue weighted by atomic mass is 9.70. The average Bonchev–Trinajstić information content (AvgIpc) is 2.58. The van der Waals surface area contributed by atoms with Crippen LogP contribution >= 0.6 is 0 Å². The molecule has 0 radical (unpaired) electrons. The van der Waals surface area contributed by atoms with Gasteiger partial charge in [0, 0.05) is 11.1 Å². The minimum absolute atomic E-state index is 0.0544. The smallest absolute Gasteiger partial charge is 0.0960 e. The van der Waals surface area contributed by atoms with Crippen LogP contribution in [0.1, 0.15) is 40.0 Å². The van der Waals surface area contributed by atoms with Gasteiger partial charge in [0.15, 0.2) is 0 Å². The number of hydrogen-bond acceptors (Lipinski definition) is 3. The van der Waals surface area contributed by atoms with Crippen LogP contribution < -0.4 is 0 Å². The molecule has 3 nitrogen and oxygen atoms in total. The molecule has 2 bridgehead atoms. The van der Waals surface area contributed by atoms with Crippen LogP contribution in [0.4, 0.5) is 0 Å². The van der Waals surface area contributed by atoms with Gasteiger partial charge in [0.05, 0.1) is 19.3 Å². The third-order valence-electron chi connectivity index (χ3n) is 5.27. The first kappa shape index (κ1) is 12.1. The second-order valence-electron chi connectivity index (χ2n) is 6.09. The molecule has 2 atom stereocenters. The highest BCUT2D eigenvalue weighted by Gasteiger charge is 2.59. The van der Waals surface area contributed by atoms with Gasteiger partial charge in [-0.1, -0.05) is 20.8 Å². The number of aliphatic hydroxyl groups excluding tert-OH is 2. The zero-order valence-corrected chi connectivity index (χ0v) is 10.5. The van der Waals surface area contributed by atoms with Gasteiger partial charge in [0.25, 0.3) is 0 Å². The van der Waals surface area contributed by atoms with Crippen molar-refractivity contribution in [1.82, 2.24) is 0 Å². The molecule has 2 fully saturated rings. The molecule has 0 heterocycles. The highest BCUT2D eigenvalue weighted by atomic mass is 16.3. The molecular formula is C13H23NO2. The van der Waals surface area contributed by atoms with E-state index in [0.717, 1.165) is 12.3 Å². The van der Waals surface area contributed by atoms with Crippen LogP contribution in [0.15, 0.2) is 4.99 Å². The van der Waals surface area contributed by atoms with E-state index in [1.165, 1.54) is 18.6 Å². The van der Waals surface area contributed by atoms with Crippen LogP contribution in [0.5, 0.6) is 0 Å². The molecule has 92 valence electrons. The Kier molecular flexibility index (Phi) is 2.87. The quantitative estimate of drug-likeness (QED) is 0.767. The van der Waals surface area contributed by atoms with E-state index >= 15 is 0 Å². The Labute approximate surface area is 97.6 Å². The minimum atomic E-state index is -0.318. The number of hydrogen-bond donors (Lipinski definition) is 2. The van der Waals surface area contributed by atoms with E-state index in [2.05, 4.69) is 25.8 Å². The van der Waals surface area contributed by atoms with Crippen molar-refractivity contribution < 1.29 is 10.2 Å². The summed E-state index contributed by atoms with van der Waals surface area (Å²) >= 11 is 0. The number of nitrogens with zero attached hydrogens (tertiary/aromatic N) is 1. The van der Waals surface area contributed by atoms with Crippen LogP contribution in [-0.4, -0.2) is 35.2 Å². The van der Waals surface area contributed by atoms with E-state index in [1.807, 2.05) is 0 Å². The van der Waals surface area contributed by atoms with Crippen LogP contribution in [0.2, 0.25) is 0 Å². The van der Waals surface area contributed by atoms with Crippen LogP contribution in [0.25, 0.3) is 0 Å². The second-order valence-corrected chi connectivity index (χ2v) is 6.09. The van der Waals surface area contributed by atoms with Gasteiger partial charge in [0.2, 0.25) is 0 Å². The van der Waals surface area contributed by atoms with Crippen molar-refractivity contribution >= 4 is 5.71 Å². The van der Waals surface area contributed by atoms with Crippen molar-refractivity contribution in [3.8, 4) is 0 Å². The lowest BCUT2D eigenvalue weighted by Crippen LogP contribution is -2.34. The zero-order valence-electron chi connectivity index (χ0n) is 10.5. The number of rotatable bonds is 3. The molecule has 2 aliphatic carbocycles. The van der Waals surface area contributed by atoms with Crippen molar-refractivity contribution in [1.29, 1.82) is 0 Å². The molecule has 0 aromatic heterocycles. The fourth-order valence-corrected chi connectivity index (χ4v) is 3.48. The molecule has 2 saturated carbocycles. The van der Waals surface area contributed by atoms with Crippen molar-refractivity contribution in [2.45, 2.75) is 46.1 Å². The maximum atomic E-state index is 9.10. The van der Waals surface area contributed by atoms with Gasteiger partial charge in [-0.05, 0) is 30.6 Å². The van der Waals surface area contributed by atoms with Gasteiger partial charge in [0.1, 0.15) is 0 Å². The summed E-state index contributed by atoms with van der Waals surface area (Å²) in [4.78, 5) is 4.58. The summed E-state index contributed by atoms with van der Waals surface area (Å²) in [6.45, 7) is 6.85. The molecule has 0 saturated heterocycles. The molecule has 0 amide bonds. The topological polar surface area (TPSA) is 52.8 Å². The normalized spacial score (nSPS) is 38.9. The molecule has 2 unspecified atom stereocenters. The molecule has 16 heavy (non-hydrogen) atoms. The van der Waals surface area contributed by atoms with E-state index in [1.54, 1.807) is 0 Å². The van der Waals surface area contributed by atoms with Gasteiger partial charge >= 0.3 is 0 Å². The van der Waals surface area contributed by atoms with Crippen LogP contribution in [0.3, 0.4) is 0 Å². The Hall–Kier alpha value is -0.410. The van der Waals surface area contributed by atoms with Gasteiger partial charge < -0.3 is 10.2 Å². The minimum Gasteiger partial charge on any atom is -0.394 e. The lowest BCUT2D eigenvalue weighted by molar-refractivity contribution is 0.186. The Balaban J connectivity index is 2.27. The third-order valence-corrected chi connectivity index (χ3v) is 5.27. The maximum absolute atomic E-state index is 9.10. The predicted octanol–water partition coefficient (Wildman–Crippen LogP) is 1.63. The summed E-state index contributed by atoms with van der Waals surface area (Å²) < 4.78 is 0.